The van der Waals surface area contributed by atoms with Crippen LogP contribution in [0.4, 0.5) is 0 Å². The van der Waals surface area contributed by atoms with E-state index in [4.69, 9.17) is 0 Å². The normalized spacial score (nSPS) is 11.9. The summed E-state index contributed by atoms with van der Waals surface area (Å²) in [5.41, 5.74) is 3.16. The molecule has 1 N–H and O–H groups in total. The smallest absolute Gasteiger partial charge is 0.126 e. The molecule has 0 aliphatic rings. The van der Waals surface area contributed by atoms with Crippen molar-refractivity contribution in [1.29, 1.82) is 0 Å². The maximum atomic E-state index is 10.1. The van der Waals surface area contributed by atoms with Crippen LogP contribution < -0.4 is 0 Å². The average molecular weight is 218 g/mol. The monoisotopic (exact) mass is 218 g/mol. The van der Waals surface area contributed by atoms with Gasteiger partial charge in [-0.05, 0) is 28.5 Å². The molecule has 0 bridgehead atoms. The molecule has 1 aromatic carbocycles. The van der Waals surface area contributed by atoms with E-state index in [1.54, 1.807) is 6.08 Å². The second kappa shape index (κ2) is 4.32. The van der Waals surface area contributed by atoms with Gasteiger partial charge in [0.05, 0.1) is 0 Å². The third-order valence-electron chi connectivity index (χ3n) is 2.88. The van der Waals surface area contributed by atoms with Crippen molar-refractivity contribution in [3.63, 3.8) is 0 Å². The van der Waals surface area contributed by atoms with Crippen molar-refractivity contribution in [1.82, 2.24) is 0 Å². The van der Waals surface area contributed by atoms with Crippen LogP contribution in [-0.4, -0.2) is 5.11 Å². The first-order valence-corrected chi connectivity index (χ1v) is 5.77. The van der Waals surface area contributed by atoms with Gasteiger partial charge in [0.1, 0.15) is 5.75 Å². The van der Waals surface area contributed by atoms with E-state index in [9.17, 15) is 5.11 Å². The molecule has 1 rings (SSSR count). The largest absolute Gasteiger partial charge is 0.507 e. The topological polar surface area (TPSA) is 20.2 Å². The highest BCUT2D eigenvalue weighted by atomic mass is 16.3. The van der Waals surface area contributed by atoms with Crippen LogP contribution in [-0.2, 0) is 5.41 Å². The second-order valence-corrected chi connectivity index (χ2v) is 5.61. The quantitative estimate of drug-likeness (QED) is 0.777. The van der Waals surface area contributed by atoms with Crippen LogP contribution in [0.2, 0.25) is 0 Å². The van der Waals surface area contributed by atoms with E-state index in [2.05, 4.69) is 47.3 Å². The third kappa shape index (κ3) is 2.46. The Bertz CT molecular complexity index is 395. The van der Waals surface area contributed by atoms with E-state index >= 15 is 0 Å². The summed E-state index contributed by atoms with van der Waals surface area (Å²) < 4.78 is 0. The van der Waals surface area contributed by atoms with Gasteiger partial charge in [0.25, 0.3) is 0 Å². The minimum absolute atomic E-state index is 0.0924. The predicted molar refractivity (Wildman–Crippen MR) is 71.0 cm³/mol. The van der Waals surface area contributed by atoms with Gasteiger partial charge in [-0.1, -0.05) is 53.3 Å². The number of phenolic OH excluding ortho intramolecular Hbond substituents is 1. The fourth-order valence-electron chi connectivity index (χ4n) is 1.71. The van der Waals surface area contributed by atoms with Crippen molar-refractivity contribution in [2.45, 2.75) is 46.0 Å². The molecule has 0 unspecified atom stereocenters. The van der Waals surface area contributed by atoms with Gasteiger partial charge < -0.3 is 5.11 Å². The number of hydrogen-bond acceptors (Lipinski definition) is 1. The Labute approximate surface area is 98.8 Å². The summed E-state index contributed by atoms with van der Waals surface area (Å²) in [5, 5.41) is 10.1. The van der Waals surface area contributed by atoms with Crippen molar-refractivity contribution in [2.24, 2.45) is 0 Å². The first-order chi connectivity index (χ1) is 7.27. The first kappa shape index (κ1) is 12.8. The molecule has 16 heavy (non-hydrogen) atoms. The molecule has 0 amide bonds. The van der Waals surface area contributed by atoms with Gasteiger partial charge in [0.2, 0.25) is 0 Å². The van der Waals surface area contributed by atoms with Crippen molar-refractivity contribution in [3.05, 3.63) is 35.4 Å². The van der Waals surface area contributed by atoms with Crippen LogP contribution in [0, 0.1) is 0 Å². The summed E-state index contributed by atoms with van der Waals surface area (Å²) in [7, 11) is 0. The number of aromatic hydroxyl groups is 1. The lowest BCUT2D eigenvalue weighted by Crippen LogP contribution is -2.12. The second-order valence-electron chi connectivity index (χ2n) is 5.61. The molecular formula is C15H22O. The maximum Gasteiger partial charge on any atom is 0.126 e. The Morgan fingerprint density at radius 2 is 1.81 bits per heavy atom. The molecule has 0 spiro atoms. The number of hydrogen-bond donors (Lipinski definition) is 1. The zero-order chi connectivity index (χ0) is 12.5. The molecule has 0 fully saturated rings. The highest BCUT2D eigenvalue weighted by Crippen LogP contribution is 2.35. The van der Waals surface area contributed by atoms with Crippen LogP contribution in [0.5, 0.6) is 5.75 Å². The lowest BCUT2D eigenvalue weighted by atomic mass is 9.83. The molecule has 0 aromatic heterocycles. The van der Waals surface area contributed by atoms with E-state index in [0.29, 0.717) is 11.7 Å². The molecule has 88 valence electrons. The van der Waals surface area contributed by atoms with E-state index < -0.39 is 0 Å². The van der Waals surface area contributed by atoms with Crippen LogP contribution in [0.25, 0.3) is 6.08 Å². The molecule has 0 aliphatic heterocycles. The van der Waals surface area contributed by atoms with Crippen molar-refractivity contribution in [2.75, 3.05) is 0 Å². The van der Waals surface area contributed by atoms with Gasteiger partial charge in [0, 0.05) is 5.56 Å². The lowest BCUT2D eigenvalue weighted by molar-refractivity contribution is 0.462. The van der Waals surface area contributed by atoms with Gasteiger partial charge in [-0.15, -0.1) is 0 Å². The number of rotatable bonds is 2. The summed E-state index contributed by atoms with van der Waals surface area (Å²) in [6, 6.07) is 4.13. The minimum Gasteiger partial charge on any atom is -0.507 e. The minimum atomic E-state index is 0.0924. The van der Waals surface area contributed by atoms with Crippen molar-refractivity contribution in [3.8, 4) is 5.75 Å². The highest BCUT2D eigenvalue weighted by Gasteiger charge is 2.18. The SMILES string of the molecule is C=Cc1cc(C(C)(C)C)cc(C(C)C)c1O. The molecule has 0 heterocycles. The average Bonchev–Trinajstić information content (AvgIpc) is 2.15. The zero-order valence-electron chi connectivity index (χ0n) is 11.0. The van der Waals surface area contributed by atoms with E-state index in [1.165, 1.54) is 5.56 Å². The van der Waals surface area contributed by atoms with E-state index in [0.717, 1.165) is 11.1 Å². The first-order valence-electron chi connectivity index (χ1n) is 5.77. The van der Waals surface area contributed by atoms with Crippen LogP contribution in [0.1, 0.15) is 57.2 Å². The highest BCUT2D eigenvalue weighted by molar-refractivity contribution is 5.60. The van der Waals surface area contributed by atoms with Gasteiger partial charge in [-0.2, -0.15) is 0 Å². The number of phenols is 1. The Morgan fingerprint density at radius 1 is 1.25 bits per heavy atom. The molecule has 0 saturated carbocycles. The van der Waals surface area contributed by atoms with Crippen LogP contribution in [0.3, 0.4) is 0 Å². The molecule has 0 saturated heterocycles. The lowest BCUT2D eigenvalue weighted by Gasteiger charge is -2.22. The van der Waals surface area contributed by atoms with E-state index in [1.807, 2.05) is 6.07 Å². The number of benzene rings is 1. The standard InChI is InChI=1S/C15H22O/c1-7-11-8-12(15(4,5)6)9-13(10(2)3)14(11)16/h7-10,16H,1H2,2-6H3. The zero-order valence-corrected chi connectivity index (χ0v) is 11.0. The molecule has 0 atom stereocenters. The van der Waals surface area contributed by atoms with Crippen LogP contribution >= 0.6 is 0 Å². The summed E-state index contributed by atoms with van der Waals surface area (Å²) in [4.78, 5) is 0. The van der Waals surface area contributed by atoms with Gasteiger partial charge >= 0.3 is 0 Å². The Hall–Kier alpha value is -1.24. The Balaban J connectivity index is 3.46. The van der Waals surface area contributed by atoms with Crippen LogP contribution in [0.15, 0.2) is 18.7 Å². The molecule has 1 nitrogen and oxygen atoms in total. The van der Waals surface area contributed by atoms with E-state index in [-0.39, 0.29) is 5.41 Å². The summed E-state index contributed by atoms with van der Waals surface area (Å²) in [5.74, 6) is 0.694. The van der Waals surface area contributed by atoms with Crippen molar-refractivity contribution >= 4 is 6.08 Å². The summed E-state index contributed by atoms with van der Waals surface area (Å²) in [6.45, 7) is 14.5. The Morgan fingerprint density at radius 3 is 2.19 bits per heavy atom. The summed E-state index contributed by atoms with van der Waals surface area (Å²) >= 11 is 0. The molecular weight excluding hydrogens is 196 g/mol. The molecule has 1 heteroatoms. The van der Waals surface area contributed by atoms with Crippen molar-refractivity contribution < 1.29 is 5.11 Å². The molecule has 1 aromatic rings. The fraction of sp³-hybridized carbons (Fsp3) is 0.467. The molecule has 0 aliphatic carbocycles. The summed E-state index contributed by atoms with van der Waals surface area (Å²) in [6.07, 6.45) is 1.72. The molecule has 0 radical (unpaired) electrons. The Kier molecular flexibility index (Phi) is 3.47. The third-order valence-corrected chi connectivity index (χ3v) is 2.88. The van der Waals surface area contributed by atoms with Gasteiger partial charge in [0.15, 0.2) is 0 Å². The predicted octanol–water partition coefficient (Wildman–Crippen LogP) is 4.46. The fourth-order valence-corrected chi connectivity index (χ4v) is 1.71. The van der Waals surface area contributed by atoms with Gasteiger partial charge in [-0.3, -0.25) is 0 Å². The van der Waals surface area contributed by atoms with Gasteiger partial charge in [-0.25, -0.2) is 0 Å². The maximum absolute atomic E-state index is 10.1.